The Kier molecular flexibility index (Phi) is 6.32. The highest BCUT2D eigenvalue weighted by Crippen LogP contribution is 2.22. The maximum atomic E-state index is 9.79. The molecule has 1 aliphatic heterocycles. The average molecular weight is 250 g/mol. The molecule has 0 spiro atoms. The zero-order valence-corrected chi connectivity index (χ0v) is 10.0. The molecule has 17 heavy (non-hydrogen) atoms. The number of hydrogen-bond acceptors (Lipinski definition) is 6. The van der Waals surface area contributed by atoms with Crippen LogP contribution < -0.4 is 0 Å². The fourth-order valence-corrected chi connectivity index (χ4v) is 1.84. The van der Waals surface area contributed by atoms with Crippen molar-refractivity contribution in [3.63, 3.8) is 0 Å². The standard InChI is InChI=1S/C11H22O6/c1-2-3-4-5-16-10-8(13)7(6-12)17-11(15)9(10)14/h7-15H,2-6H2,1H3. The Labute approximate surface area is 101 Å². The molecule has 1 fully saturated rings. The molecule has 1 aliphatic rings. The molecule has 6 heteroatoms. The van der Waals surface area contributed by atoms with Crippen LogP contribution >= 0.6 is 0 Å². The van der Waals surface area contributed by atoms with Crippen LogP contribution in [0.15, 0.2) is 0 Å². The topological polar surface area (TPSA) is 99.4 Å². The molecule has 1 rings (SSSR count). The van der Waals surface area contributed by atoms with E-state index in [0.717, 1.165) is 19.3 Å². The first kappa shape index (κ1) is 14.8. The van der Waals surface area contributed by atoms with Crippen molar-refractivity contribution in [3.8, 4) is 0 Å². The smallest absolute Gasteiger partial charge is 0.184 e. The van der Waals surface area contributed by atoms with Crippen LogP contribution in [-0.4, -0.2) is 64.3 Å². The maximum Gasteiger partial charge on any atom is 0.184 e. The van der Waals surface area contributed by atoms with Crippen LogP contribution in [-0.2, 0) is 9.47 Å². The second-order valence-corrected chi connectivity index (χ2v) is 4.27. The molecule has 0 aliphatic carbocycles. The van der Waals surface area contributed by atoms with Crippen molar-refractivity contribution in [1.82, 2.24) is 0 Å². The third-order valence-corrected chi connectivity index (χ3v) is 2.90. The number of rotatable bonds is 6. The minimum absolute atomic E-state index is 0.400. The first-order valence-corrected chi connectivity index (χ1v) is 6.04. The summed E-state index contributed by atoms with van der Waals surface area (Å²) in [7, 11) is 0. The molecule has 6 nitrogen and oxygen atoms in total. The van der Waals surface area contributed by atoms with E-state index in [4.69, 9.17) is 14.6 Å². The summed E-state index contributed by atoms with van der Waals surface area (Å²) in [4.78, 5) is 0. The van der Waals surface area contributed by atoms with E-state index >= 15 is 0 Å². The molecule has 102 valence electrons. The van der Waals surface area contributed by atoms with E-state index in [1.54, 1.807) is 0 Å². The molecule has 5 atom stereocenters. The van der Waals surface area contributed by atoms with E-state index in [9.17, 15) is 15.3 Å². The van der Waals surface area contributed by atoms with Crippen molar-refractivity contribution < 1.29 is 29.9 Å². The van der Waals surface area contributed by atoms with Gasteiger partial charge in [0.2, 0.25) is 0 Å². The van der Waals surface area contributed by atoms with Crippen LogP contribution in [0.4, 0.5) is 0 Å². The largest absolute Gasteiger partial charge is 0.394 e. The number of hydrogen-bond donors (Lipinski definition) is 4. The number of unbranched alkanes of at least 4 members (excludes halogenated alkanes) is 2. The van der Waals surface area contributed by atoms with Gasteiger partial charge in [-0.1, -0.05) is 19.8 Å². The number of ether oxygens (including phenoxy) is 2. The summed E-state index contributed by atoms with van der Waals surface area (Å²) >= 11 is 0. The van der Waals surface area contributed by atoms with Gasteiger partial charge in [0.05, 0.1) is 6.61 Å². The molecule has 0 amide bonds. The van der Waals surface area contributed by atoms with E-state index in [-0.39, 0.29) is 0 Å². The summed E-state index contributed by atoms with van der Waals surface area (Å²) in [5, 5.41) is 37.8. The maximum absolute atomic E-state index is 9.79. The average Bonchev–Trinajstić information content (AvgIpc) is 2.33. The van der Waals surface area contributed by atoms with Crippen LogP contribution in [0.5, 0.6) is 0 Å². The van der Waals surface area contributed by atoms with Crippen LogP contribution in [0.1, 0.15) is 26.2 Å². The van der Waals surface area contributed by atoms with Gasteiger partial charge >= 0.3 is 0 Å². The molecule has 0 saturated carbocycles. The van der Waals surface area contributed by atoms with Crippen molar-refractivity contribution in [2.45, 2.75) is 56.9 Å². The third kappa shape index (κ3) is 3.87. The summed E-state index contributed by atoms with van der Waals surface area (Å²) < 4.78 is 10.2. The minimum Gasteiger partial charge on any atom is -0.394 e. The lowest BCUT2D eigenvalue weighted by Gasteiger charge is -2.39. The molecule has 0 aromatic rings. The molecule has 1 heterocycles. The predicted molar refractivity (Wildman–Crippen MR) is 59.2 cm³/mol. The lowest BCUT2D eigenvalue weighted by atomic mass is 9.99. The van der Waals surface area contributed by atoms with Gasteiger partial charge < -0.3 is 29.9 Å². The Balaban J connectivity index is 2.47. The molecular formula is C11H22O6. The highest BCUT2D eigenvalue weighted by Gasteiger charge is 2.44. The fraction of sp³-hybridized carbons (Fsp3) is 1.00. The Hall–Kier alpha value is -0.240. The molecule has 4 N–H and O–H groups in total. The summed E-state index contributed by atoms with van der Waals surface area (Å²) in [6.07, 6.45) is -2.85. The molecule has 0 aromatic heterocycles. The van der Waals surface area contributed by atoms with Crippen LogP contribution in [0.3, 0.4) is 0 Å². The van der Waals surface area contributed by atoms with Gasteiger partial charge in [-0.2, -0.15) is 0 Å². The van der Waals surface area contributed by atoms with E-state index in [1.807, 2.05) is 0 Å². The van der Waals surface area contributed by atoms with Gasteiger partial charge in [0.25, 0.3) is 0 Å². The Morgan fingerprint density at radius 2 is 1.82 bits per heavy atom. The van der Waals surface area contributed by atoms with Crippen molar-refractivity contribution >= 4 is 0 Å². The lowest BCUT2D eigenvalue weighted by Crippen LogP contribution is -2.59. The second-order valence-electron chi connectivity index (χ2n) is 4.27. The Morgan fingerprint density at radius 1 is 1.12 bits per heavy atom. The van der Waals surface area contributed by atoms with Crippen LogP contribution in [0.2, 0.25) is 0 Å². The SMILES string of the molecule is CCCCCOC1C(O)C(O)OC(CO)C1O. The van der Waals surface area contributed by atoms with Crippen LogP contribution in [0, 0.1) is 0 Å². The van der Waals surface area contributed by atoms with Crippen molar-refractivity contribution in [2.24, 2.45) is 0 Å². The van der Waals surface area contributed by atoms with Gasteiger partial charge in [0, 0.05) is 6.61 Å². The zero-order valence-electron chi connectivity index (χ0n) is 10.0. The summed E-state index contributed by atoms with van der Waals surface area (Å²) in [5.41, 5.74) is 0. The van der Waals surface area contributed by atoms with Gasteiger partial charge in [0.1, 0.15) is 24.4 Å². The number of aliphatic hydroxyl groups is 4. The first-order chi connectivity index (χ1) is 8.11. The van der Waals surface area contributed by atoms with Gasteiger partial charge in [-0.3, -0.25) is 0 Å². The third-order valence-electron chi connectivity index (χ3n) is 2.90. The molecule has 0 aromatic carbocycles. The first-order valence-electron chi connectivity index (χ1n) is 6.04. The summed E-state index contributed by atoms with van der Waals surface area (Å²) in [6.45, 7) is 2.03. The van der Waals surface area contributed by atoms with Crippen molar-refractivity contribution in [2.75, 3.05) is 13.2 Å². The summed E-state index contributed by atoms with van der Waals surface area (Å²) in [5.74, 6) is 0. The highest BCUT2D eigenvalue weighted by atomic mass is 16.6. The molecular weight excluding hydrogens is 228 g/mol. The van der Waals surface area contributed by atoms with Gasteiger partial charge in [-0.05, 0) is 6.42 Å². The Morgan fingerprint density at radius 3 is 2.41 bits per heavy atom. The zero-order chi connectivity index (χ0) is 12.8. The normalized spacial score (nSPS) is 38.3. The van der Waals surface area contributed by atoms with Crippen molar-refractivity contribution in [3.05, 3.63) is 0 Å². The molecule has 0 radical (unpaired) electrons. The predicted octanol–water partition coefficient (Wildman–Crippen LogP) is -1.01. The highest BCUT2D eigenvalue weighted by molar-refractivity contribution is 4.89. The van der Waals surface area contributed by atoms with Gasteiger partial charge in [-0.15, -0.1) is 0 Å². The monoisotopic (exact) mass is 250 g/mol. The molecule has 1 saturated heterocycles. The quantitative estimate of drug-likeness (QED) is 0.451. The van der Waals surface area contributed by atoms with Gasteiger partial charge in [-0.25, -0.2) is 0 Å². The van der Waals surface area contributed by atoms with E-state index in [0.29, 0.717) is 6.61 Å². The number of aliphatic hydroxyl groups excluding tert-OH is 4. The Bertz CT molecular complexity index is 212. The van der Waals surface area contributed by atoms with E-state index < -0.39 is 37.3 Å². The van der Waals surface area contributed by atoms with Gasteiger partial charge in [0.15, 0.2) is 6.29 Å². The van der Waals surface area contributed by atoms with E-state index in [1.165, 1.54) is 0 Å². The summed E-state index contributed by atoms with van der Waals surface area (Å²) in [6, 6.07) is 0. The second kappa shape index (κ2) is 7.25. The van der Waals surface area contributed by atoms with E-state index in [2.05, 4.69) is 6.92 Å². The van der Waals surface area contributed by atoms with Crippen molar-refractivity contribution in [1.29, 1.82) is 0 Å². The molecule has 5 unspecified atom stereocenters. The fourth-order valence-electron chi connectivity index (χ4n) is 1.84. The minimum atomic E-state index is -1.44. The molecule has 0 bridgehead atoms. The van der Waals surface area contributed by atoms with Crippen LogP contribution in [0.25, 0.3) is 0 Å². The lowest BCUT2D eigenvalue weighted by molar-refractivity contribution is -0.294.